The molecule has 132 valence electrons. The summed E-state index contributed by atoms with van der Waals surface area (Å²) < 4.78 is 0. The minimum atomic E-state index is 0.150. The summed E-state index contributed by atoms with van der Waals surface area (Å²) in [6.45, 7) is 6.01. The minimum absolute atomic E-state index is 0.150. The van der Waals surface area contributed by atoms with E-state index < -0.39 is 0 Å². The van der Waals surface area contributed by atoms with Crippen LogP contribution in [0.2, 0.25) is 0 Å². The molecule has 5 nitrogen and oxygen atoms in total. The Balaban J connectivity index is 1.81. The summed E-state index contributed by atoms with van der Waals surface area (Å²) in [6, 6.07) is 7.98. The first kappa shape index (κ1) is 18.3. The van der Waals surface area contributed by atoms with E-state index in [9.17, 15) is 4.79 Å². The van der Waals surface area contributed by atoms with Crippen LogP contribution in [0.3, 0.4) is 0 Å². The average molecular weight is 330 g/mol. The van der Waals surface area contributed by atoms with Crippen LogP contribution in [0.25, 0.3) is 0 Å². The zero-order valence-corrected chi connectivity index (χ0v) is 15.1. The van der Waals surface area contributed by atoms with E-state index in [1.807, 2.05) is 24.3 Å². The number of amides is 1. The molecule has 1 aromatic rings. The molecule has 0 aliphatic heterocycles. The third-order valence-corrected chi connectivity index (χ3v) is 4.37. The van der Waals surface area contributed by atoms with Crippen molar-refractivity contribution in [3.63, 3.8) is 0 Å². The number of anilines is 1. The van der Waals surface area contributed by atoms with E-state index >= 15 is 0 Å². The largest absolute Gasteiger partial charge is 0.356 e. The molecule has 1 amide bonds. The molecule has 1 saturated carbocycles. The number of carbonyl (C=O) groups is 1. The lowest BCUT2D eigenvalue weighted by Crippen LogP contribution is -2.37. The van der Waals surface area contributed by atoms with Crippen molar-refractivity contribution in [2.24, 2.45) is 16.8 Å². The Morgan fingerprint density at radius 2 is 2.08 bits per heavy atom. The number of guanidine groups is 1. The molecule has 2 rings (SSSR count). The van der Waals surface area contributed by atoms with Gasteiger partial charge < -0.3 is 16.0 Å². The Morgan fingerprint density at radius 1 is 1.29 bits per heavy atom. The van der Waals surface area contributed by atoms with Crippen LogP contribution in [0.4, 0.5) is 5.69 Å². The van der Waals surface area contributed by atoms with Crippen LogP contribution in [0.5, 0.6) is 0 Å². The number of hydrogen-bond acceptors (Lipinski definition) is 2. The third-order valence-electron chi connectivity index (χ3n) is 4.37. The lowest BCUT2D eigenvalue weighted by atomic mass is 9.85. The van der Waals surface area contributed by atoms with Crippen molar-refractivity contribution in [3.05, 3.63) is 29.8 Å². The maximum absolute atomic E-state index is 12.0. The molecule has 3 N–H and O–H groups in total. The molecule has 0 spiro atoms. The molecule has 0 saturated heterocycles. The van der Waals surface area contributed by atoms with Gasteiger partial charge in [-0.1, -0.05) is 32.4 Å². The van der Waals surface area contributed by atoms with Gasteiger partial charge in [0.15, 0.2) is 5.96 Å². The lowest BCUT2D eigenvalue weighted by Gasteiger charge is -2.24. The van der Waals surface area contributed by atoms with Crippen LogP contribution in [-0.4, -0.2) is 25.5 Å². The van der Waals surface area contributed by atoms with Crippen molar-refractivity contribution in [2.75, 3.05) is 18.9 Å². The van der Waals surface area contributed by atoms with Crippen molar-refractivity contribution in [1.82, 2.24) is 10.6 Å². The Kier molecular flexibility index (Phi) is 7.09. The molecule has 1 aliphatic carbocycles. The zero-order chi connectivity index (χ0) is 17.4. The van der Waals surface area contributed by atoms with Crippen LogP contribution >= 0.6 is 0 Å². The Morgan fingerprint density at radius 3 is 2.71 bits per heavy atom. The van der Waals surface area contributed by atoms with E-state index in [4.69, 9.17) is 0 Å². The van der Waals surface area contributed by atoms with Gasteiger partial charge in [-0.15, -0.1) is 0 Å². The molecule has 0 atom stereocenters. The van der Waals surface area contributed by atoms with Gasteiger partial charge in [0.1, 0.15) is 0 Å². The van der Waals surface area contributed by atoms with Crippen molar-refractivity contribution in [1.29, 1.82) is 0 Å². The fourth-order valence-electron chi connectivity index (χ4n) is 2.56. The second-order valence-electron chi connectivity index (χ2n) is 6.85. The predicted molar refractivity (Wildman–Crippen MR) is 100 cm³/mol. The maximum atomic E-state index is 12.0. The zero-order valence-electron chi connectivity index (χ0n) is 15.1. The molecule has 1 fully saturated rings. The highest BCUT2D eigenvalue weighted by Crippen LogP contribution is 2.27. The SMILES string of the molecule is CN=C(NCCC(C)C)NCc1cccc(NC(=O)C2CCC2)c1. The van der Waals surface area contributed by atoms with E-state index in [1.54, 1.807) is 7.05 Å². The van der Waals surface area contributed by atoms with Crippen molar-refractivity contribution < 1.29 is 4.79 Å². The Hall–Kier alpha value is -2.04. The highest BCUT2D eigenvalue weighted by molar-refractivity contribution is 5.93. The van der Waals surface area contributed by atoms with E-state index in [2.05, 4.69) is 34.8 Å². The van der Waals surface area contributed by atoms with E-state index in [-0.39, 0.29) is 11.8 Å². The first-order valence-corrected chi connectivity index (χ1v) is 8.93. The summed E-state index contributed by atoms with van der Waals surface area (Å²) >= 11 is 0. The summed E-state index contributed by atoms with van der Waals surface area (Å²) in [5, 5.41) is 9.65. The third kappa shape index (κ3) is 5.87. The van der Waals surface area contributed by atoms with Gasteiger partial charge in [0.05, 0.1) is 0 Å². The number of rotatable bonds is 7. The highest BCUT2D eigenvalue weighted by Gasteiger charge is 2.25. The van der Waals surface area contributed by atoms with Crippen LogP contribution in [0.1, 0.15) is 45.1 Å². The quantitative estimate of drug-likeness (QED) is 0.531. The molecular formula is C19H30N4O. The fraction of sp³-hybridized carbons (Fsp3) is 0.579. The Labute approximate surface area is 145 Å². The van der Waals surface area contributed by atoms with Gasteiger partial charge >= 0.3 is 0 Å². The van der Waals surface area contributed by atoms with Crippen LogP contribution in [0, 0.1) is 11.8 Å². The summed E-state index contributed by atoms with van der Waals surface area (Å²) in [5.41, 5.74) is 1.99. The van der Waals surface area contributed by atoms with Crippen LogP contribution in [0.15, 0.2) is 29.3 Å². The number of hydrogen-bond donors (Lipinski definition) is 3. The molecule has 0 aromatic heterocycles. The monoisotopic (exact) mass is 330 g/mol. The van der Waals surface area contributed by atoms with Crippen LogP contribution in [-0.2, 0) is 11.3 Å². The molecule has 1 aliphatic rings. The van der Waals surface area contributed by atoms with Gasteiger partial charge in [0.25, 0.3) is 0 Å². The number of nitrogens with zero attached hydrogens (tertiary/aromatic N) is 1. The fourth-order valence-corrected chi connectivity index (χ4v) is 2.56. The van der Waals surface area contributed by atoms with Crippen molar-refractivity contribution >= 4 is 17.6 Å². The molecular weight excluding hydrogens is 300 g/mol. The highest BCUT2D eigenvalue weighted by atomic mass is 16.1. The smallest absolute Gasteiger partial charge is 0.227 e. The lowest BCUT2D eigenvalue weighted by molar-refractivity contribution is -0.122. The Bertz CT molecular complexity index is 564. The van der Waals surface area contributed by atoms with Crippen LogP contribution < -0.4 is 16.0 Å². The topological polar surface area (TPSA) is 65.5 Å². The summed E-state index contributed by atoms with van der Waals surface area (Å²) in [5.74, 6) is 1.83. The van der Waals surface area contributed by atoms with Gasteiger partial charge in [0, 0.05) is 31.7 Å². The normalized spacial score (nSPS) is 15.1. The second-order valence-corrected chi connectivity index (χ2v) is 6.85. The van der Waals surface area contributed by atoms with Crippen molar-refractivity contribution in [2.45, 2.75) is 46.1 Å². The maximum Gasteiger partial charge on any atom is 0.227 e. The summed E-state index contributed by atoms with van der Waals surface area (Å²) in [7, 11) is 1.78. The van der Waals surface area contributed by atoms with Gasteiger partial charge in [-0.3, -0.25) is 9.79 Å². The summed E-state index contributed by atoms with van der Waals surface area (Å²) in [6.07, 6.45) is 4.32. The minimum Gasteiger partial charge on any atom is -0.356 e. The van der Waals surface area contributed by atoms with Gasteiger partial charge in [0.2, 0.25) is 5.91 Å². The van der Waals surface area contributed by atoms with E-state index in [1.165, 1.54) is 6.42 Å². The van der Waals surface area contributed by atoms with E-state index in [0.717, 1.165) is 43.0 Å². The summed E-state index contributed by atoms with van der Waals surface area (Å²) in [4.78, 5) is 16.3. The predicted octanol–water partition coefficient (Wildman–Crippen LogP) is 3.14. The molecule has 24 heavy (non-hydrogen) atoms. The first-order chi connectivity index (χ1) is 11.6. The molecule has 5 heteroatoms. The number of aliphatic imine (C=N–C) groups is 1. The number of benzene rings is 1. The standard InChI is InChI=1S/C19H30N4O/c1-14(2)10-11-21-19(20-3)22-13-15-6-4-9-17(12-15)23-18(24)16-7-5-8-16/h4,6,9,12,14,16H,5,7-8,10-11,13H2,1-3H3,(H,23,24)(H2,20,21,22). The molecule has 1 aromatic carbocycles. The first-order valence-electron chi connectivity index (χ1n) is 8.93. The van der Waals surface area contributed by atoms with Gasteiger partial charge in [-0.2, -0.15) is 0 Å². The number of nitrogens with one attached hydrogen (secondary N) is 3. The number of carbonyl (C=O) groups excluding carboxylic acids is 1. The molecule has 0 unspecified atom stereocenters. The average Bonchev–Trinajstić information content (AvgIpc) is 2.49. The van der Waals surface area contributed by atoms with Gasteiger partial charge in [-0.05, 0) is 42.9 Å². The molecule has 0 bridgehead atoms. The molecule has 0 radical (unpaired) electrons. The van der Waals surface area contributed by atoms with E-state index in [0.29, 0.717) is 12.5 Å². The second kappa shape index (κ2) is 9.30. The van der Waals surface area contributed by atoms with Gasteiger partial charge in [-0.25, -0.2) is 0 Å². The molecule has 0 heterocycles. The van der Waals surface area contributed by atoms with Crippen molar-refractivity contribution in [3.8, 4) is 0 Å².